The summed E-state index contributed by atoms with van der Waals surface area (Å²) in [6.45, 7) is 8.47. The molecule has 1 heterocycles. The molecule has 1 N–H and O–H groups in total. The second kappa shape index (κ2) is 5.11. The summed E-state index contributed by atoms with van der Waals surface area (Å²) in [7, 11) is 0. The molecule has 1 fully saturated rings. The lowest BCUT2D eigenvalue weighted by atomic mass is 9.78. The molecule has 96 valence electrons. The Labute approximate surface area is 112 Å². The van der Waals surface area contributed by atoms with Crippen LogP contribution in [0, 0.1) is 0 Å². The standard InChI is InChI=1S/C13H22BrN3/c1-4-10-12(14)11(17(5-2)16-10)9-15-13(3)7-6-8-13/h15H,4-9H2,1-3H3. The van der Waals surface area contributed by atoms with E-state index in [4.69, 9.17) is 0 Å². The smallest absolute Gasteiger partial charge is 0.0767 e. The van der Waals surface area contributed by atoms with E-state index in [1.54, 1.807) is 0 Å². The first-order valence-corrected chi connectivity index (χ1v) is 7.38. The predicted octanol–water partition coefficient (Wildman–Crippen LogP) is 3.26. The molecule has 0 unspecified atom stereocenters. The molecule has 1 saturated carbocycles. The van der Waals surface area contributed by atoms with Gasteiger partial charge in [0.1, 0.15) is 0 Å². The van der Waals surface area contributed by atoms with Crippen LogP contribution in [0.15, 0.2) is 4.47 Å². The summed E-state index contributed by atoms with van der Waals surface area (Å²) in [5.41, 5.74) is 2.81. The van der Waals surface area contributed by atoms with Crippen molar-refractivity contribution in [1.82, 2.24) is 15.1 Å². The molecule has 3 nitrogen and oxygen atoms in total. The van der Waals surface area contributed by atoms with E-state index in [-0.39, 0.29) is 0 Å². The maximum atomic E-state index is 4.62. The molecule has 0 amide bonds. The van der Waals surface area contributed by atoms with E-state index in [1.807, 2.05) is 0 Å². The van der Waals surface area contributed by atoms with Crippen LogP contribution < -0.4 is 5.32 Å². The van der Waals surface area contributed by atoms with Gasteiger partial charge in [0.2, 0.25) is 0 Å². The average Bonchev–Trinajstić information content (AvgIpc) is 2.60. The van der Waals surface area contributed by atoms with E-state index in [1.165, 1.54) is 35.1 Å². The second-order valence-electron chi connectivity index (χ2n) is 5.14. The van der Waals surface area contributed by atoms with E-state index in [2.05, 4.69) is 51.8 Å². The van der Waals surface area contributed by atoms with Crippen LogP contribution in [-0.4, -0.2) is 15.3 Å². The maximum Gasteiger partial charge on any atom is 0.0767 e. The number of nitrogens with zero attached hydrogens (tertiary/aromatic N) is 2. The van der Waals surface area contributed by atoms with E-state index in [9.17, 15) is 0 Å². The fraction of sp³-hybridized carbons (Fsp3) is 0.769. The molecular weight excluding hydrogens is 278 g/mol. The lowest BCUT2D eigenvalue weighted by Gasteiger charge is -2.39. The summed E-state index contributed by atoms with van der Waals surface area (Å²) in [5.74, 6) is 0. The van der Waals surface area contributed by atoms with Gasteiger partial charge in [-0.05, 0) is 55.5 Å². The van der Waals surface area contributed by atoms with Crippen LogP contribution in [0.5, 0.6) is 0 Å². The van der Waals surface area contributed by atoms with Crippen LogP contribution in [0.4, 0.5) is 0 Å². The van der Waals surface area contributed by atoms with Gasteiger partial charge in [-0.1, -0.05) is 6.92 Å². The number of hydrogen-bond acceptors (Lipinski definition) is 2. The Morgan fingerprint density at radius 2 is 2.12 bits per heavy atom. The predicted molar refractivity (Wildman–Crippen MR) is 74.1 cm³/mol. The van der Waals surface area contributed by atoms with Crippen LogP contribution in [-0.2, 0) is 19.5 Å². The number of halogens is 1. The number of rotatable bonds is 5. The monoisotopic (exact) mass is 299 g/mol. The van der Waals surface area contributed by atoms with Crippen molar-refractivity contribution in [2.45, 2.75) is 65.1 Å². The third-order valence-corrected chi connectivity index (χ3v) is 4.75. The minimum Gasteiger partial charge on any atom is -0.306 e. The molecule has 1 aromatic rings. The maximum absolute atomic E-state index is 4.62. The first-order chi connectivity index (χ1) is 8.09. The van der Waals surface area contributed by atoms with Gasteiger partial charge in [-0.25, -0.2) is 0 Å². The minimum atomic E-state index is 0.356. The number of hydrogen-bond donors (Lipinski definition) is 1. The van der Waals surface area contributed by atoms with Crippen molar-refractivity contribution in [2.24, 2.45) is 0 Å². The first kappa shape index (κ1) is 13.1. The van der Waals surface area contributed by atoms with Crippen LogP contribution in [0.25, 0.3) is 0 Å². The Bertz CT molecular complexity index is 394. The van der Waals surface area contributed by atoms with Gasteiger partial charge in [0.15, 0.2) is 0 Å². The van der Waals surface area contributed by atoms with Crippen molar-refractivity contribution < 1.29 is 0 Å². The Morgan fingerprint density at radius 1 is 1.41 bits per heavy atom. The molecule has 17 heavy (non-hydrogen) atoms. The van der Waals surface area contributed by atoms with Gasteiger partial charge >= 0.3 is 0 Å². The fourth-order valence-electron chi connectivity index (χ4n) is 2.37. The zero-order valence-electron chi connectivity index (χ0n) is 11.0. The van der Waals surface area contributed by atoms with Crippen molar-refractivity contribution >= 4 is 15.9 Å². The summed E-state index contributed by atoms with van der Waals surface area (Å²) >= 11 is 3.69. The zero-order valence-corrected chi connectivity index (χ0v) is 12.6. The van der Waals surface area contributed by atoms with E-state index in [0.29, 0.717) is 5.54 Å². The van der Waals surface area contributed by atoms with Crippen molar-refractivity contribution in [1.29, 1.82) is 0 Å². The molecular formula is C13H22BrN3. The zero-order chi connectivity index (χ0) is 12.5. The van der Waals surface area contributed by atoms with Crippen molar-refractivity contribution in [3.63, 3.8) is 0 Å². The van der Waals surface area contributed by atoms with Crippen LogP contribution in [0.2, 0.25) is 0 Å². The molecule has 0 atom stereocenters. The van der Waals surface area contributed by atoms with Gasteiger partial charge in [-0.3, -0.25) is 4.68 Å². The van der Waals surface area contributed by atoms with E-state index in [0.717, 1.165) is 19.5 Å². The largest absolute Gasteiger partial charge is 0.306 e. The minimum absolute atomic E-state index is 0.356. The van der Waals surface area contributed by atoms with Crippen molar-refractivity contribution in [2.75, 3.05) is 0 Å². The highest BCUT2D eigenvalue weighted by molar-refractivity contribution is 9.10. The van der Waals surface area contributed by atoms with E-state index < -0.39 is 0 Å². The third kappa shape index (κ3) is 2.58. The average molecular weight is 300 g/mol. The Balaban J connectivity index is 2.10. The van der Waals surface area contributed by atoms with Gasteiger partial charge in [0.05, 0.1) is 15.9 Å². The lowest BCUT2D eigenvalue weighted by molar-refractivity contribution is 0.204. The highest BCUT2D eigenvalue weighted by Gasteiger charge is 2.31. The molecule has 0 radical (unpaired) electrons. The molecule has 0 aromatic carbocycles. The fourth-order valence-corrected chi connectivity index (χ4v) is 3.07. The van der Waals surface area contributed by atoms with Gasteiger partial charge < -0.3 is 5.32 Å². The molecule has 1 aromatic heterocycles. The molecule has 1 aliphatic carbocycles. The number of aromatic nitrogens is 2. The first-order valence-electron chi connectivity index (χ1n) is 6.58. The van der Waals surface area contributed by atoms with Crippen molar-refractivity contribution in [3.8, 4) is 0 Å². The Morgan fingerprint density at radius 3 is 2.59 bits per heavy atom. The SMILES string of the molecule is CCc1nn(CC)c(CNC2(C)CCC2)c1Br. The summed E-state index contributed by atoms with van der Waals surface area (Å²) in [6, 6.07) is 0. The number of nitrogens with one attached hydrogen (secondary N) is 1. The second-order valence-corrected chi connectivity index (χ2v) is 5.94. The van der Waals surface area contributed by atoms with E-state index >= 15 is 0 Å². The van der Waals surface area contributed by atoms with Gasteiger partial charge in [0.25, 0.3) is 0 Å². The van der Waals surface area contributed by atoms with Gasteiger partial charge in [0, 0.05) is 18.6 Å². The third-order valence-electron chi connectivity index (χ3n) is 3.83. The van der Waals surface area contributed by atoms with Crippen LogP contribution >= 0.6 is 15.9 Å². The summed E-state index contributed by atoms with van der Waals surface area (Å²) < 4.78 is 3.30. The van der Waals surface area contributed by atoms with Crippen LogP contribution in [0.1, 0.15) is 51.4 Å². The topological polar surface area (TPSA) is 29.9 Å². The van der Waals surface area contributed by atoms with Gasteiger partial charge in [-0.2, -0.15) is 5.10 Å². The lowest BCUT2D eigenvalue weighted by Crippen LogP contribution is -2.47. The normalized spacial score (nSPS) is 18.1. The molecule has 2 rings (SSSR count). The molecule has 0 bridgehead atoms. The molecule has 0 spiro atoms. The quantitative estimate of drug-likeness (QED) is 0.904. The van der Waals surface area contributed by atoms with Crippen LogP contribution in [0.3, 0.4) is 0 Å². The molecule has 0 saturated heterocycles. The summed E-state index contributed by atoms with van der Waals surface area (Å²) in [6.07, 6.45) is 4.94. The summed E-state index contributed by atoms with van der Waals surface area (Å²) in [4.78, 5) is 0. The Hall–Kier alpha value is -0.350. The molecule has 1 aliphatic rings. The molecule has 4 heteroatoms. The van der Waals surface area contributed by atoms with Gasteiger partial charge in [-0.15, -0.1) is 0 Å². The van der Waals surface area contributed by atoms with Crippen molar-refractivity contribution in [3.05, 3.63) is 15.9 Å². The highest BCUT2D eigenvalue weighted by Crippen LogP contribution is 2.32. The number of aryl methyl sites for hydroxylation is 2. The summed E-state index contributed by atoms with van der Waals surface area (Å²) in [5, 5.41) is 8.29. The Kier molecular flexibility index (Phi) is 3.93. The highest BCUT2D eigenvalue weighted by atomic mass is 79.9. The molecule has 0 aliphatic heterocycles.